The summed E-state index contributed by atoms with van der Waals surface area (Å²) in [7, 11) is 0. The molecule has 2 unspecified atom stereocenters. The molecule has 0 aromatic rings. The monoisotopic (exact) mass is 212 g/mol. The van der Waals surface area contributed by atoms with Gasteiger partial charge in [-0.05, 0) is 31.6 Å². The Kier molecular flexibility index (Phi) is 4.14. The van der Waals surface area contributed by atoms with E-state index in [4.69, 9.17) is 5.73 Å². The predicted molar refractivity (Wildman–Crippen MR) is 62.4 cm³/mol. The number of carbonyl (C=O) groups excluding carboxylic acids is 1. The largest absolute Gasteiger partial charge is 0.355 e. The fraction of sp³-hybridized carbons (Fsp3) is 0.917. The van der Waals surface area contributed by atoms with E-state index in [1.54, 1.807) is 0 Å². The lowest BCUT2D eigenvalue weighted by Crippen LogP contribution is -2.40. The summed E-state index contributed by atoms with van der Waals surface area (Å²) in [5, 5.41) is 3.03. The highest BCUT2D eigenvalue weighted by Crippen LogP contribution is 2.48. The first kappa shape index (κ1) is 12.5. The molecule has 0 aromatic carbocycles. The highest BCUT2D eigenvalue weighted by Gasteiger charge is 2.41. The van der Waals surface area contributed by atoms with E-state index >= 15 is 0 Å². The molecule has 15 heavy (non-hydrogen) atoms. The molecule has 1 aliphatic rings. The zero-order valence-corrected chi connectivity index (χ0v) is 10.2. The smallest absolute Gasteiger partial charge is 0.224 e. The van der Waals surface area contributed by atoms with Gasteiger partial charge in [0.25, 0.3) is 0 Å². The highest BCUT2D eigenvalue weighted by molar-refractivity contribution is 5.79. The van der Waals surface area contributed by atoms with Gasteiger partial charge in [0.15, 0.2) is 0 Å². The number of rotatable bonds is 6. The predicted octanol–water partition coefficient (Wildman–Crippen LogP) is 1.67. The lowest BCUT2D eigenvalue weighted by Gasteiger charge is -2.19. The summed E-state index contributed by atoms with van der Waals surface area (Å²) < 4.78 is 0. The minimum atomic E-state index is -0.0811. The van der Waals surface area contributed by atoms with E-state index in [-0.39, 0.29) is 17.9 Å². The maximum atomic E-state index is 11.7. The zero-order chi connectivity index (χ0) is 11.5. The van der Waals surface area contributed by atoms with Gasteiger partial charge in [-0.2, -0.15) is 0 Å². The molecule has 0 spiro atoms. The zero-order valence-electron chi connectivity index (χ0n) is 10.2. The maximum Gasteiger partial charge on any atom is 0.224 e. The molecule has 0 bridgehead atoms. The number of hydrogen-bond donors (Lipinski definition) is 2. The standard InChI is InChI=1S/C12H24N2O/c1-4-5-12(6-7-12)8-14-11(15)9(2)10(3)13/h9-10H,4-8,13H2,1-3H3,(H,14,15). The Bertz CT molecular complexity index is 222. The Labute approximate surface area is 92.8 Å². The third-order valence-electron chi connectivity index (χ3n) is 3.58. The Hall–Kier alpha value is -0.570. The van der Waals surface area contributed by atoms with Crippen molar-refractivity contribution in [3.05, 3.63) is 0 Å². The highest BCUT2D eigenvalue weighted by atomic mass is 16.1. The molecular formula is C12H24N2O. The Balaban J connectivity index is 2.28. The molecule has 0 radical (unpaired) electrons. The fourth-order valence-electron chi connectivity index (χ4n) is 1.90. The SMILES string of the molecule is CCCC1(CNC(=O)C(C)C(C)N)CC1. The molecular weight excluding hydrogens is 188 g/mol. The van der Waals surface area contributed by atoms with E-state index in [1.807, 2.05) is 13.8 Å². The van der Waals surface area contributed by atoms with Gasteiger partial charge in [-0.25, -0.2) is 0 Å². The first-order valence-corrected chi connectivity index (χ1v) is 6.04. The summed E-state index contributed by atoms with van der Waals surface area (Å²) in [4.78, 5) is 11.7. The average Bonchev–Trinajstić information content (AvgIpc) is 2.94. The molecule has 3 nitrogen and oxygen atoms in total. The van der Waals surface area contributed by atoms with Crippen LogP contribution in [0.15, 0.2) is 0 Å². The van der Waals surface area contributed by atoms with Crippen LogP contribution in [0.25, 0.3) is 0 Å². The minimum Gasteiger partial charge on any atom is -0.355 e. The molecule has 2 atom stereocenters. The van der Waals surface area contributed by atoms with Gasteiger partial charge in [-0.3, -0.25) is 4.79 Å². The molecule has 88 valence electrons. The molecule has 0 aliphatic heterocycles. The van der Waals surface area contributed by atoms with Gasteiger partial charge in [-0.1, -0.05) is 20.3 Å². The van der Waals surface area contributed by atoms with E-state index in [2.05, 4.69) is 12.2 Å². The van der Waals surface area contributed by atoms with Crippen molar-refractivity contribution in [2.75, 3.05) is 6.54 Å². The number of nitrogens with one attached hydrogen (secondary N) is 1. The lowest BCUT2D eigenvalue weighted by atomic mass is 9.99. The second kappa shape index (κ2) is 4.97. The van der Waals surface area contributed by atoms with Crippen molar-refractivity contribution < 1.29 is 4.79 Å². The Morgan fingerprint density at radius 2 is 2.07 bits per heavy atom. The van der Waals surface area contributed by atoms with Crippen LogP contribution in [0.3, 0.4) is 0 Å². The van der Waals surface area contributed by atoms with Crippen LogP contribution in [0.1, 0.15) is 46.5 Å². The van der Waals surface area contributed by atoms with Crippen LogP contribution in [0.4, 0.5) is 0 Å². The molecule has 1 saturated carbocycles. The Morgan fingerprint density at radius 1 is 1.47 bits per heavy atom. The van der Waals surface area contributed by atoms with Gasteiger partial charge in [0.2, 0.25) is 5.91 Å². The van der Waals surface area contributed by atoms with Crippen molar-refractivity contribution in [2.45, 2.75) is 52.5 Å². The maximum absolute atomic E-state index is 11.7. The van der Waals surface area contributed by atoms with E-state index in [9.17, 15) is 4.79 Å². The molecule has 1 fully saturated rings. The van der Waals surface area contributed by atoms with Gasteiger partial charge in [0.1, 0.15) is 0 Å². The summed E-state index contributed by atoms with van der Waals surface area (Å²) in [6.07, 6.45) is 4.99. The lowest BCUT2D eigenvalue weighted by molar-refractivity contribution is -0.125. The number of nitrogens with two attached hydrogens (primary N) is 1. The number of hydrogen-bond acceptors (Lipinski definition) is 2. The van der Waals surface area contributed by atoms with E-state index in [1.165, 1.54) is 25.7 Å². The van der Waals surface area contributed by atoms with Gasteiger partial charge in [0, 0.05) is 18.5 Å². The van der Waals surface area contributed by atoms with Crippen molar-refractivity contribution in [3.63, 3.8) is 0 Å². The summed E-state index contributed by atoms with van der Waals surface area (Å²) in [5.74, 6) is 0.0230. The van der Waals surface area contributed by atoms with Crippen LogP contribution < -0.4 is 11.1 Å². The topological polar surface area (TPSA) is 55.1 Å². The fourth-order valence-corrected chi connectivity index (χ4v) is 1.90. The summed E-state index contributed by atoms with van der Waals surface area (Å²) in [6.45, 7) is 6.81. The second-order valence-electron chi connectivity index (χ2n) is 5.12. The van der Waals surface area contributed by atoms with Gasteiger partial charge >= 0.3 is 0 Å². The first-order chi connectivity index (χ1) is 7.01. The number of carbonyl (C=O) groups is 1. The molecule has 1 amide bonds. The average molecular weight is 212 g/mol. The normalized spacial score (nSPS) is 21.9. The van der Waals surface area contributed by atoms with E-state index in [0.29, 0.717) is 5.41 Å². The van der Waals surface area contributed by atoms with E-state index < -0.39 is 0 Å². The van der Waals surface area contributed by atoms with Crippen molar-refractivity contribution in [1.29, 1.82) is 0 Å². The second-order valence-corrected chi connectivity index (χ2v) is 5.12. The molecule has 1 aliphatic carbocycles. The van der Waals surface area contributed by atoms with Crippen molar-refractivity contribution >= 4 is 5.91 Å². The summed E-state index contributed by atoms with van der Waals surface area (Å²) in [6, 6.07) is -0.0636. The quantitative estimate of drug-likeness (QED) is 0.703. The summed E-state index contributed by atoms with van der Waals surface area (Å²) in [5.41, 5.74) is 6.12. The van der Waals surface area contributed by atoms with Crippen LogP contribution in [0, 0.1) is 11.3 Å². The Morgan fingerprint density at radius 3 is 2.47 bits per heavy atom. The molecule has 0 aromatic heterocycles. The van der Waals surface area contributed by atoms with Crippen molar-refractivity contribution in [3.8, 4) is 0 Å². The minimum absolute atomic E-state index is 0.0636. The molecule has 0 heterocycles. The van der Waals surface area contributed by atoms with Crippen LogP contribution in [0.2, 0.25) is 0 Å². The molecule has 0 saturated heterocycles. The number of amides is 1. The van der Waals surface area contributed by atoms with Crippen LogP contribution in [-0.2, 0) is 4.79 Å². The van der Waals surface area contributed by atoms with Crippen LogP contribution in [-0.4, -0.2) is 18.5 Å². The van der Waals surface area contributed by atoms with Crippen LogP contribution in [0.5, 0.6) is 0 Å². The third-order valence-corrected chi connectivity index (χ3v) is 3.58. The van der Waals surface area contributed by atoms with Gasteiger partial charge < -0.3 is 11.1 Å². The molecule has 3 N–H and O–H groups in total. The first-order valence-electron chi connectivity index (χ1n) is 6.04. The molecule has 1 rings (SSSR count). The van der Waals surface area contributed by atoms with Crippen molar-refractivity contribution in [1.82, 2.24) is 5.32 Å². The summed E-state index contributed by atoms with van der Waals surface area (Å²) >= 11 is 0. The van der Waals surface area contributed by atoms with E-state index in [0.717, 1.165) is 6.54 Å². The van der Waals surface area contributed by atoms with Crippen LogP contribution >= 0.6 is 0 Å². The van der Waals surface area contributed by atoms with Crippen molar-refractivity contribution in [2.24, 2.45) is 17.1 Å². The third kappa shape index (κ3) is 3.49. The molecule has 3 heteroatoms. The van der Waals surface area contributed by atoms with Gasteiger partial charge in [-0.15, -0.1) is 0 Å². The van der Waals surface area contributed by atoms with Gasteiger partial charge in [0.05, 0.1) is 0 Å².